The number of halogens is 4. The highest BCUT2D eigenvalue weighted by Crippen LogP contribution is 2.44. The van der Waals surface area contributed by atoms with Gasteiger partial charge in [0.05, 0.1) is 0 Å². The summed E-state index contributed by atoms with van der Waals surface area (Å²) in [6.07, 6.45) is 4.16. The number of nitrogens with two attached hydrogens (primary N) is 1. The number of hydrogen-bond acceptors (Lipinski definition) is 3. The molecule has 0 spiro atoms. The smallest absolute Gasteiger partial charge is 0.127 e. The van der Waals surface area contributed by atoms with E-state index in [0.717, 1.165) is 69.5 Å². The minimum atomic E-state index is -0.366. The summed E-state index contributed by atoms with van der Waals surface area (Å²) in [5.74, 6) is -0.239. The monoisotopic (exact) mass is 489 g/mol. The van der Waals surface area contributed by atoms with E-state index in [1.54, 1.807) is 12.1 Å². The average molecular weight is 491 g/mol. The number of piperazine rings is 1. The first kappa shape index (κ1) is 28.2. The van der Waals surface area contributed by atoms with Gasteiger partial charge >= 0.3 is 0 Å². The standard InChI is InChI=1S/C24H32FN3.3ClH/c1-27-13-15-28(16-14-27)18-19-7-6-8-20(17-19)23(24(26)11-4-5-12-24)21-9-2-3-10-22(21)25;;;/h2-3,6-10,17,23H,4-5,11-16,18,26H2,1H3;3*1H. The Bertz CT molecular complexity index is 806. The quantitative estimate of drug-likeness (QED) is 0.622. The van der Waals surface area contributed by atoms with Gasteiger partial charge in [-0.05, 0) is 42.6 Å². The van der Waals surface area contributed by atoms with Gasteiger partial charge in [0.1, 0.15) is 5.82 Å². The fourth-order valence-corrected chi connectivity index (χ4v) is 4.99. The minimum Gasteiger partial charge on any atom is -0.324 e. The van der Waals surface area contributed by atoms with E-state index in [0.29, 0.717) is 0 Å². The third-order valence-electron chi connectivity index (χ3n) is 6.61. The van der Waals surface area contributed by atoms with E-state index in [1.165, 1.54) is 5.56 Å². The molecule has 2 aromatic carbocycles. The number of likely N-dealkylation sites (N-methyl/N-ethyl adjacent to an activating group) is 1. The topological polar surface area (TPSA) is 32.5 Å². The second-order valence-corrected chi connectivity index (χ2v) is 8.72. The van der Waals surface area contributed by atoms with Gasteiger partial charge in [-0.25, -0.2) is 4.39 Å². The molecule has 1 aliphatic carbocycles. The molecule has 1 unspecified atom stereocenters. The summed E-state index contributed by atoms with van der Waals surface area (Å²) < 4.78 is 14.8. The molecule has 2 aromatic rings. The van der Waals surface area contributed by atoms with E-state index >= 15 is 0 Å². The maximum absolute atomic E-state index is 14.8. The van der Waals surface area contributed by atoms with E-state index in [2.05, 4.69) is 41.1 Å². The van der Waals surface area contributed by atoms with Gasteiger partial charge in [-0.15, -0.1) is 37.2 Å². The maximum atomic E-state index is 14.8. The highest BCUT2D eigenvalue weighted by Gasteiger charge is 2.40. The van der Waals surface area contributed by atoms with Gasteiger partial charge in [0.2, 0.25) is 0 Å². The fourth-order valence-electron chi connectivity index (χ4n) is 4.99. The van der Waals surface area contributed by atoms with Crippen LogP contribution in [0.4, 0.5) is 4.39 Å². The molecule has 2 fully saturated rings. The molecule has 0 amide bonds. The van der Waals surface area contributed by atoms with E-state index < -0.39 is 0 Å². The van der Waals surface area contributed by atoms with Gasteiger partial charge in [0.15, 0.2) is 0 Å². The SMILES string of the molecule is CN1CCN(Cc2cccc(C(c3ccccc3F)C3(N)CCCC3)c2)CC1.Cl.Cl.Cl. The van der Waals surface area contributed by atoms with Crippen LogP contribution in [-0.4, -0.2) is 48.6 Å². The third kappa shape index (κ3) is 6.56. The van der Waals surface area contributed by atoms with Crippen LogP contribution in [0, 0.1) is 5.82 Å². The maximum Gasteiger partial charge on any atom is 0.127 e. The molecule has 1 saturated heterocycles. The van der Waals surface area contributed by atoms with Gasteiger partial charge in [0, 0.05) is 44.2 Å². The van der Waals surface area contributed by atoms with Crippen molar-refractivity contribution in [1.82, 2.24) is 9.80 Å². The number of nitrogens with zero attached hydrogens (tertiary/aromatic N) is 2. The molecule has 2 N–H and O–H groups in total. The van der Waals surface area contributed by atoms with Crippen molar-refractivity contribution in [2.45, 2.75) is 43.7 Å². The molecule has 2 aliphatic rings. The third-order valence-corrected chi connectivity index (χ3v) is 6.61. The van der Waals surface area contributed by atoms with Crippen molar-refractivity contribution in [2.24, 2.45) is 5.73 Å². The van der Waals surface area contributed by atoms with Crippen LogP contribution in [0.2, 0.25) is 0 Å². The zero-order chi connectivity index (χ0) is 19.6. The van der Waals surface area contributed by atoms with Crippen molar-refractivity contribution in [1.29, 1.82) is 0 Å². The summed E-state index contributed by atoms with van der Waals surface area (Å²) in [7, 11) is 2.18. The zero-order valence-electron chi connectivity index (χ0n) is 18.1. The van der Waals surface area contributed by atoms with Gasteiger partial charge in [-0.3, -0.25) is 4.90 Å². The lowest BCUT2D eigenvalue weighted by molar-refractivity contribution is 0.148. The van der Waals surface area contributed by atoms with Crippen LogP contribution in [0.15, 0.2) is 48.5 Å². The first-order chi connectivity index (χ1) is 13.5. The second-order valence-electron chi connectivity index (χ2n) is 8.72. The molecule has 0 radical (unpaired) electrons. The van der Waals surface area contributed by atoms with Crippen molar-refractivity contribution >= 4 is 37.2 Å². The van der Waals surface area contributed by atoms with E-state index in [9.17, 15) is 4.39 Å². The largest absolute Gasteiger partial charge is 0.324 e. The molecule has 1 atom stereocenters. The first-order valence-corrected chi connectivity index (χ1v) is 10.6. The molecule has 1 aliphatic heterocycles. The molecule has 7 heteroatoms. The molecule has 0 bridgehead atoms. The molecule has 1 heterocycles. The van der Waals surface area contributed by atoms with E-state index in [-0.39, 0.29) is 54.5 Å². The molecular formula is C24H35Cl3FN3. The summed E-state index contributed by atoms with van der Waals surface area (Å²) in [4.78, 5) is 4.88. The van der Waals surface area contributed by atoms with Gasteiger partial charge in [-0.2, -0.15) is 0 Å². The highest BCUT2D eigenvalue weighted by atomic mass is 35.5. The lowest BCUT2D eigenvalue weighted by atomic mass is 9.74. The van der Waals surface area contributed by atoms with Crippen LogP contribution in [-0.2, 0) is 6.54 Å². The lowest BCUT2D eigenvalue weighted by Gasteiger charge is -2.36. The van der Waals surface area contributed by atoms with Gasteiger partial charge < -0.3 is 10.6 Å². The van der Waals surface area contributed by atoms with Crippen LogP contribution in [0.25, 0.3) is 0 Å². The molecule has 3 nitrogen and oxygen atoms in total. The molecule has 1 saturated carbocycles. The fraction of sp³-hybridized carbons (Fsp3) is 0.500. The van der Waals surface area contributed by atoms with Crippen molar-refractivity contribution in [2.75, 3.05) is 33.2 Å². The van der Waals surface area contributed by atoms with Gasteiger partial charge in [0.25, 0.3) is 0 Å². The van der Waals surface area contributed by atoms with Crippen molar-refractivity contribution < 1.29 is 4.39 Å². The number of hydrogen-bond donors (Lipinski definition) is 1. The Kier molecular flexibility index (Phi) is 11.2. The molecular weight excluding hydrogens is 456 g/mol. The zero-order valence-corrected chi connectivity index (χ0v) is 20.6. The molecule has 174 valence electrons. The van der Waals surface area contributed by atoms with Crippen LogP contribution < -0.4 is 5.73 Å². The Morgan fingerprint density at radius 1 is 0.935 bits per heavy atom. The summed E-state index contributed by atoms with van der Waals surface area (Å²) in [6.45, 7) is 5.37. The number of benzene rings is 2. The number of rotatable bonds is 5. The molecule has 4 rings (SSSR count). The molecule has 0 aromatic heterocycles. The van der Waals surface area contributed by atoms with Crippen molar-refractivity contribution in [3.05, 3.63) is 71.0 Å². The summed E-state index contributed by atoms with van der Waals surface area (Å²) in [6, 6.07) is 15.9. The average Bonchev–Trinajstić information content (AvgIpc) is 3.13. The minimum absolute atomic E-state index is 0. The summed E-state index contributed by atoms with van der Waals surface area (Å²) in [5.41, 5.74) is 9.73. The first-order valence-electron chi connectivity index (χ1n) is 10.6. The van der Waals surface area contributed by atoms with Crippen LogP contribution in [0.3, 0.4) is 0 Å². The highest BCUT2D eigenvalue weighted by molar-refractivity contribution is 5.86. The Labute approximate surface area is 204 Å². The second kappa shape index (κ2) is 12.4. The van der Waals surface area contributed by atoms with Crippen LogP contribution >= 0.6 is 37.2 Å². The Balaban J connectivity index is 0.00000160. The van der Waals surface area contributed by atoms with Crippen molar-refractivity contribution in [3.63, 3.8) is 0 Å². The van der Waals surface area contributed by atoms with Gasteiger partial charge in [-0.1, -0.05) is 55.3 Å². The lowest BCUT2D eigenvalue weighted by Crippen LogP contribution is -2.44. The molecule has 31 heavy (non-hydrogen) atoms. The summed E-state index contributed by atoms with van der Waals surface area (Å²) in [5, 5.41) is 0. The Hall–Kier alpha value is -0.880. The Morgan fingerprint density at radius 2 is 1.58 bits per heavy atom. The van der Waals surface area contributed by atoms with Crippen LogP contribution in [0.5, 0.6) is 0 Å². The van der Waals surface area contributed by atoms with Crippen molar-refractivity contribution in [3.8, 4) is 0 Å². The predicted octanol–water partition coefficient (Wildman–Crippen LogP) is 5.24. The van der Waals surface area contributed by atoms with E-state index in [4.69, 9.17) is 5.73 Å². The normalized spacial score (nSPS) is 19.6. The summed E-state index contributed by atoms with van der Waals surface area (Å²) >= 11 is 0. The van der Waals surface area contributed by atoms with Crippen LogP contribution in [0.1, 0.15) is 48.3 Å². The van der Waals surface area contributed by atoms with E-state index in [1.807, 2.05) is 12.1 Å². The predicted molar refractivity (Wildman–Crippen MR) is 135 cm³/mol. The Morgan fingerprint density at radius 3 is 2.23 bits per heavy atom.